The summed E-state index contributed by atoms with van der Waals surface area (Å²) in [6.07, 6.45) is 0. The van der Waals surface area contributed by atoms with Crippen LogP contribution in [0.1, 0.15) is 13.8 Å². The van der Waals surface area contributed by atoms with Gasteiger partial charge in [0.25, 0.3) is 0 Å². The zero-order valence-corrected chi connectivity index (χ0v) is 9.20. The van der Waals surface area contributed by atoms with Gasteiger partial charge in [-0.15, -0.1) is 14.8 Å². The first-order valence-corrected chi connectivity index (χ1v) is 5.13. The lowest BCUT2D eigenvalue weighted by Gasteiger charge is -2.19. The largest absolute Gasteiger partial charge is 0.394 e. The van der Waals surface area contributed by atoms with Gasteiger partial charge in [-0.2, -0.15) is 0 Å². The van der Waals surface area contributed by atoms with Gasteiger partial charge in [-0.3, -0.25) is 0 Å². The minimum atomic E-state index is -0.0265. The molecule has 0 aliphatic rings. The number of hydrogen-bond donors (Lipinski definition) is 2. The molecule has 2 aromatic rings. The Morgan fingerprint density at radius 1 is 1.44 bits per heavy atom. The number of aliphatic hydroxyl groups excluding tert-OH is 1. The molecular formula is C9H14N6O. The zero-order chi connectivity index (χ0) is 11.5. The van der Waals surface area contributed by atoms with Crippen LogP contribution in [0.5, 0.6) is 0 Å². The summed E-state index contributed by atoms with van der Waals surface area (Å²) in [6.45, 7) is 4.12. The Labute approximate surface area is 92.5 Å². The smallest absolute Gasteiger partial charge is 0.200 e. The van der Waals surface area contributed by atoms with Gasteiger partial charge in [0.2, 0.25) is 0 Å². The Morgan fingerprint density at radius 2 is 2.25 bits per heavy atom. The average Bonchev–Trinajstić information content (AvgIpc) is 2.72. The second kappa shape index (κ2) is 4.40. The predicted molar refractivity (Wildman–Crippen MR) is 57.9 cm³/mol. The molecule has 2 heterocycles. The Kier molecular flexibility index (Phi) is 2.95. The Hall–Kier alpha value is -1.76. The highest BCUT2D eigenvalue weighted by molar-refractivity contribution is 5.42. The van der Waals surface area contributed by atoms with Crippen LogP contribution in [0.3, 0.4) is 0 Å². The van der Waals surface area contributed by atoms with Crippen molar-refractivity contribution in [2.24, 2.45) is 5.92 Å². The molecule has 0 radical (unpaired) electrons. The van der Waals surface area contributed by atoms with Gasteiger partial charge in [0.1, 0.15) is 5.82 Å². The summed E-state index contributed by atoms with van der Waals surface area (Å²) in [5, 5.41) is 27.4. The van der Waals surface area contributed by atoms with Crippen LogP contribution in [0, 0.1) is 5.92 Å². The van der Waals surface area contributed by atoms with E-state index in [1.54, 1.807) is 12.1 Å². The van der Waals surface area contributed by atoms with Gasteiger partial charge in [0.05, 0.1) is 12.6 Å². The molecule has 1 unspecified atom stereocenters. The maximum atomic E-state index is 9.19. The highest BCUT2D eigenvalue weighted by Gasteiger charge is 2.12. The van der Waals surface area contributed by atoms with Crippen LogP contribution < -0.4 is 5.32 Å². The van der Waals surface area contributed by atoms with Crippen molar-refractivity contribution < 1.29 is 5.11 Å². The molecule has 16 heavy (non-hydrogen) atoms. The maximum Gasteiger partial charge on any atom is 0.200 e. The Morgan fingerprint density at radius 3 is 2.94 bits per heavy atom. The Balaban J connectivity index is 2.19. The first-order chi connectivity index (χ1) is 7.70. The highest BCUT2D eigenvalue weighted by Crippen LogP contribution is 2.09. The first-order valence-electron chi connectivity index (χ1n) is 5.13. The number of tetrazole rings is 1. The molecule has 2 aromatic heterocycles. The van der Waals surface area contributed by atoms with Gasteiger partial charge in [0.15, 0.2) is 5.65 Å². The molecule has 0 aliphatic carbocycles. The van der Waals surface area contributed by atoms with Crippen molar-refractivity contribution in [1.82, 2.24) is 25.3 Å². The van der Waals surface area contributed by atoms with E-state index in [0.29, 0.717) is 17.4 Å². The molecule has 2 rings (SSSR count). The van der Waals surface area contributed by atoms with E-state index in [1.807, 2.05) is 13.8 Å². The van der Waals surface area contributed by atoms with Gasteiger partial charge >= 0.3 is 0 Å². The van der Waals surface area contributed by atoms with Crippen LogP contribution in [0.15, 0.2) is 12.1 Å². The summed E-state index contributed by atoms with van der Waals surface area (Å²) in [5.74, 6) is 0.962. The molecular weight excluding hydrogens is 208 g/mol. The van der Waals surface area contributed by atoms with Gasteiger partial charge in [-0.25, -0.2) is 0 Å². The van der Waals surface area contributed by atoms with Crippen molar-refractivity contribution in [2.45, 2.75) is 19.9 Å². The van der Waals surface area contributed by atoms with Crippen molar-refractivity contribution in [3.8, 4) is 0 Å². The molecule has 0 saturated heterocycles. The monoisotopic (exact) mass is 222 g/mol. The molecule has 0 bridgehead atoms. The molecule has 1 atom stereocenters. The van der Waals surface area contributed by atoms with Crippen molar-refractivity contribution >= 4 is 11.5 Å². The number of anilines is 1. The van der Waals surface area contributed by atoms with Crippen molar-refractivity contribution in [3.05, 3.63) is 12.1 Å². The van der Waals surface area contributed by atoms with Crippen molar-refractivity contribution in [1.29, 1.82) is 0 Å². The van der Waals surface area contributed by atoms with E-state index in [2.05, 4.69) is 25.9 Å². The molecule has 0 aliphatic heterocycles. The van der Waals surface area contributed by atoms with Crippen LogP contribution in [0.25, 0.3) is 5.65 Å². The minimum absolute atomic E-state index is 0.0265. The molecule has 0 amide bonds. The molecule has 0 spiro atoms. The van der Waals surface area contributed by atoms with E-state index in [1.165, 1.54) is 4.63 Å². The lowest BCUT2D eigenvalue weighted by molar-refractivity contribution is 0.249. The summed E-state index contributed by atoms with van der Waals surface area (Å²) in [5.41, 5.74) is 0.593. The minimum Gasteiger partial charge on any atom is -0.394 e. The number of aliphatic hydroxyl groups is 1. The number of nitrogens with one attached hydrogen (secondary N) is 1. The number of aromatic nitrogens is 5. The van der Waals surface area contributed by atoms with E-state index in [4.69, 9.17) is 0 Å². The van der Waals surface area contributed by atoms with E-state index in [-0.39, 0.29) is 12.6 Å². The summed E-state index contributed by atoms with van der Waals surface area (Å²) in [6, 6.07) is 3.53. The van der Waals surface area contributed by atoms with Crippen LogP contribution in [0.2, 0.25) is 0 Å². The van der Waals surface area contributed by atoms with E-state index >= 15 is 0 Å². The summed E-state index contributed by atoms with van der Waals surface area (Å²) in [7, 11) is 0. The van der Waals surface area contributed by atoms with Crippen LogP contribution >= 0.6 is 0 Å². The van der Waals surface area contributed by atoms with Crippen LogP contribution in [-0.4, -0.2) is 43.0 Å². The molecule has 2 N–H and O–H groups in total. The van der Waals surface area contributed by atoms with Crippen LogP contribution in [-0.2, 0) is 0 Å². The molecule has 7 nitrogen and oxygen atoms in total. The molecule has 0 saturated carbocycles. The summed E-state index contributed by atoms with van der Waals surface area (Å²) >= 11 is 0. The maximum absolute atomic E-state index is 9.19. The number of hydrogen-bond acceptors (Lipinski definition) is 6. The van der Waals surface area contributed by atoms with E-state index in [0.717, 1.165) is 0 Å². The third-order valence-electron chi connectivity index (χ3n) is 2.40. The fraction of sp³-hybridized carbons (Fsp3) is 0.556. The fourth-order valence-corrected chi connectivity index (χ4v) is 1.34. The highest BCUT2D eigenvalue weighted by atomic mass is 16.3. The normalized spacial score (nSPS) is 13.2. The fourth-order valence-electron chi connectivity index (χ4n) is 1.34. The van der Waals surface area contributed by atoms with Gasteiger partial charge in [-0.05, 0) is 28.5 Å². The molecule has 0 fully saturated rings. The number of nitrogens with zero attached hydrogens (tertiary/aromatic N) is 5. The SMILES string of the molecule is CC(C)C(CO)Nc1ccc2nnnn2n1. The standard InChI is InChI=1S/C9H14N6O/c1-6(2)7(5-16)10-8-3-4-9-11-13-14-15(9)12-8/h3-4,6-7,16H,5H2,1-2H3,(H,10,12). The molecule has 0 aromatic carbocycles. The van der Waals surface area contributed by atoms with Gasteiger partial charge < -0.3 is 10.4 Å². The van der Waals surface area contributed by atoms with Crippen LogP contribution in [0.4, 0.5) is 5.82 Å². The summed E-state index contributed by atoms with van der Waals surface area (Å²) in [4.78, 5) is 0. The number of rotatable bonds is 4. The lowest BCUT2D eigenvalue weighted by atomic mass is 10.1. The quantitative estimate of drug-likeness (QED) is 0.754. The first kappa shape index (κ1) is 10.7. The van der Waals surface area contributed by atoms with Gasteiger partial charge in [0, 0.05) is 0 Å². The van der Waals surface area contributed by atoms with Crippen molar-refractivity contribution in [3.63, 3.8) is 0 Å². The second-order valence-corrected chi connectivity index (χ2v) is 3.92. The Bertz CT molecular complexity index is 468. The average molecular weight is 222 g/mol. The zero-order valence-electron chi connectivity index (χ0n) is 9.20. The molecule has 86 valence electrons. The van der Waals surface area contributed by atoms with E-state index in [9.17, 15) is 5.11 Å². The van der Waals surface area contributed by atoms with Crippen molar-refractivity contribution in [2.75, 3.05) is 11.9 Å². The van der Waals surface area contributed by atoms with E-state index < -0.39 is 0 Å². The summed E-state index contributed by atoms with van der Waals surface area (Å²) < 4.78 is 1.34. The topological polar surface area (TPSA) is 88.2 Å². The third-order valence-corrected chi connectivity index (χ3v) is 2.40. The predicted octanol–water partition coefficient (Wildman–Crippen LogP) is -0.0519. The number of fused-ring (bicyclic) bond motifs is 1. The lowest BCUT2D eigenvalue weighted by Crippen LogP contribution is -2.30. The molecule has 7 heteroatoms. The van der Waals surface area contributed by atoms with Gasteiger partial charge in [-0.1, -0.05) is 13.8 Å². The third kappa shape index (κ3) is 2.08. The second-order valence-electron chi connectivity index (χ2n) is 3.92.